The van der Waals surface area contributed by atoms with Gasteiger partial charge in [0.2, 0.25) is 0 Å². The molecule has 144 valence electrons. The molecule has 0 saturated carbocycles. The maximum atomic E-state index is 13.7. The number of amides is 1. The average molecular weight is 385 g/mol. The summed E-state index contributed by atoms with van der Waals surface area (Å²) in [6, 6.07) is -1.25. The maximum Gasteiger partial charge on any atom is 0.462 e. The van der Waals surface area contributed by atoms with Crippen LogP contribution in [0.2, 0.25) is 0 Å². The largest absolute Gasteiger partial charge is 0.462 e. The Bertz CT molecular complexity index is 459. The lowest BCUT2D eigenvalue weighted by Gasteiger charge is -2.34. The first kappa shape index (κ1) is 22.7. The molecule has 14 heteroatoms. The van der Waals surface area contributed by atoms with Crippen LogP contribution in [-0.2, 0) is 9.53 Å². The summed E-state index contributed by atoms with van der Waals surface area (Å²) in [4.78, 5) is 11.1. The molecule has 0 unspecified atom stereocenters. The van der Waals surface area contributed by atoms with Crippen LogP contribution in [0.1, 0.15) is 20.3 Å². The number of carbonyl (C=O) groups is 1. The molecular formula is C10H10F11NO2. The number of ether oxygens (including phenoxy) is 1. The van der Waals surface area contributed by atoms with Crippen molar-refractivity contribution in [2.45, 2.75) is 56.5 Å². The molecule has 0 aliphatic carbocycles. The first-order chi connectivity index (χ1) is 10.3. The standard InChI is InChI=1S/C10H10F11NO2/c1-3-4(2)22-5(23)6(11,8(14,15)16)24-10(20,21)7(12,13)9(17,18)19/h4H,3H2,1-2H3,(H,22,23)/t4-,6+/m1/s1. The molecule has 2 atom stereocenters. The van der Waals surface area contributed by atoms with E-state index in [9.17, 15) is 53.1 Å². The van der Waals surface area contributed by atoms with E-state index in [-0.39, 0.29) is 6.42 Å². The van der Waals surface area contributed by atoms with Gasteiger partial charge in [0.25, 0.3) is 5.91 Å². The molecule has 0 saturated heterocycles. The molecule has 0 radical (unpaired) electrons. The Balaban J connectivity index is 5.87. The van der Waals surface area contributed by atoms with Crippen molar-refractivity contribution in [2.75, 3.05) is 0 Å². The van der Waals surface area contributed by atoms with Gasteiger partial charge in [0.1, 0.15) is 0 Å². The van der Waals surface area contributed by atoms with Gasteiger partial charge in [-0.3, -0.25) is 9.53 Å². The van der Waals surface area contributed by atoms with E-state index in [4.69, 9.17) is 0 Å². The highest BCUT2D eigenvalue weighted by atomic mass is 19.4. The van der Waals surface area contributed by atoms with E-state index in [2.05, 4.69) is 4.74 Å². The summed E-state index contributed by atoms with van der Waals surface area (Å²) in [6.45, 7) is 2.24. The molecule has 24 heavy (non-hydrogen) atoms. The fourth-order valence-electron chi connectivity index (χ4n) is 1.06. The minimum atomic E-state index is -7.20. The van der Waals surface area contributed by atoms with Crippen molar-refractivity contribution in [3.8, 4) is 0 Å². The van der Waals surface area contributed by atoms with Crippen molar-refractivity contribution in [3.05, 3.63) is 0 Å². The topological polar surface area (TPSA) is 38.3 Å². The third kappa shape index (κ3) is 4.19. The van der Waals surface area contributed by atoms with Gasteiger partial charge < -0.3 is 5.32 Å². The van der Waals surface area contributed by atoms with Crippen molar-refractivity contribution in [3.63, 3.8) is 0 Å². The number of halogens is 11. The molecule has 0 aliphatic rings. The van der Waals surface area contributed by atoms with Crippen LogP contribution >= 0.6 is 0 Å². The van der Waals surface area contributed by atoms with Crippen molar-refractivity contribution < 1.29 is 57.8 Å². The van der Waals surface area contributed by atoms with Crippen molar-refractivity contribution in [1.82, 2.24) is 5.32 Å². The predicted molar refractivity (Wildman–Crippen MR) is 54.8 cm³/mol. The fraction of sp³-hybridized carbons (Fsp3) is 0.900. The Labute approximate surface area is 127 Å². The van der Waals surface area contributed by atoms with Crippen LogP contribution in [0, 0.1) is 0 Å². The molecule has 0 aromatic carbocycles. The van der Waals surface area contributed by atoms with Crippen molar-refractivity contribution in [2.24, 2.45) is 0 Å². The second-order valence-electron chi connectivity index (χ2n) is 4.57. The fourth-order valence-corrected chi connectivity index (χ4v) is 1.06. The molecule has 0 aromatic heterocycles. The van der Waals surface area contributed by atoms with Gasteiger partial charge in [-0.15, -0.1) is 0 Å². The zero-order chi connectivity index (χ0) is 19.8. The molecule has 3 nitrogen and oxygen atoms in total. The van der Waals surface area contributed by atoms with Crippen LogP contribution < -0.4 is 5.32 Å². The van der Waals surface area contributed by atoms with Gasteiger partial charge in [-0.1, -0.05) is 6.92 Å². The van der Waals surface area contributed by atoms with E-state index in [1.165, 1.54) is 12.2 Å². The van der Waals surface area contributed by atoms with Crippen LogP contribution in [0.3, 0.4) is 0 Å². The molecule has 0 spiro atoms. The molecule has 1 N–H and O–H groups in total. The summed E-state index contributed by atoms with van der Waals surface area (Å²) in [5.41, 5.74) is 0. The van der Waals surface area contributed by atoms with Crippen LogP contribution in [0.5, 0.6) is 0 Å². The molecule has 0 aromatic rings. The Morgan fingerprint density at radius 2 is 1.33 bits per heavy atom. The quantitative estimate of drug-likeness (QED) is 0.704. The average Bonchev–Trinajstić information content (AvgIpc) is 2.34. The second-order valence-corrected chi connectivity index (χ2v) is 4.57. The first-order valence-corrected chi connectivity index (χ1v) is 5.92. The van der Waals surface area contributed by atoms with E-state index in [1.54, 1.807) is 0 Å². The summed E-state index contributed by atoms with van der Waals surface area (Å²) in [7, 11) is 0. The smallest absolute Gasteiger partial charge is 0.348 e. The van der Waals surface area contributed by atoms with E-state index >= 15 is 0 Å². The number of rotatable bonds is 6. The van der Waals surface area contributed by atoms with Crippen LogP contribution in [-0.4, -0.2) is 42.2 Å². The van der Waals surface area contributed by atoms with Gasteiger partial charge in [0.05, 0.1) is 0 Å². The van der Waals surface area contributed by atoms with E-state index in [0.717, 1.165) is 6.92 Å². The Morgan fingerprint density at radius 1 is 0.917 bits per heavy atom. The third-order valence-electron chi connectivity index (χ3n) is 2.64. The van der Waals surface area contributed by atoms with Crippen LogP contribution in [0.4, 0.5) is 48.3 Å². The van der Waals surface area contributed by atoms with E-state index in [1.807, 2.05) is 0 Å². The van der Waals surface area contributed by atoms with Crippen LogP contribution in [0.25, 0.3) is 0 Å². The van der Waals surface area contributed by atoms with Gasteiger partial charge >= 0.3 is 30.2 Å². The summed E-state index contributed by atoms with van der Waals surface area (Å²) in [5, 5.41) is 1.17. The second kappa shape index (κ2) is 6.52. The Kier molecular flexibility index (Phi) is 6.15. The van der Waals surface area contributed by atoms with Crippen molar-refractivity contribution >= 4 is 5.91 Å². The predicted octanol–water partition coefficient (Wildman–Crippen LogP) is 3.94. The molecule has 0 rings (SSSR count). The molecule has 0 bridgehead atoms. The van der Waals surface area contributed by atoms with Gasteiger partial charge in [-0.25, -0.2) is 0 Å². The Hall–Kier alpha value is -1.34. The lowest BCUT2D eigenvalue weighted by molar-refractivity contribution is -0.473. The number of carbonyl (C=O) groups excluding carboxylic acids is 1. The molecule has 0 fully saturated rings. The van der Waals surface area contributed by atoms with Crippen molar-refractivity contribution in [1.29, 1.82) is 0 Å². The van der Waals surface area contributed by atoms with E-state index < -0.39 is 42.2 Å². The van der Waals surface area contributed by atoms with Crippen LogP contribution in [0.15, 0.2) is 0 Å². The van der Waals surface area contributed by atoms with Gasteiger partial charge in [0, 0.05) is 6.04 Å². The highest BCUT2D eigenvalue weighted by Crippen LogP contribution is 2.50. The lowest BCUT2D eigenvalue weighted by Crippen LogP contribution is -2.64. The highest BCUT2D eigenvalue weighted by Gasteiger charge is 2.79. The van der Waals surface area contributed by atoms with Gasteiger partial charge in [0.15, 0.2) is 0 Å². The van der Waals surface area contributed by atoms with Gasteiger partial charge in [-0.2, -0.15) is 48.3 Å². The maximum absolute atomic E-state index is 13.7. The Morgan fingerprint density at radius 3 is 1.62 bits per heavy atom. The lowest BCUT2D eigenvalue weighted by atomic mass is 10.2. The zero-order valence-electron chi connectivity index (χ0n) is 11.8. The molecule has 1 amide bonds. The molecule has 0 heterocycles. The zero-order valence-corrected chi connectivity index (χ0v) is 11.8. The summed E-state index contributed by atoms with van der Waals surface area (Å²) in [5.74, 6) is -16.3. The highest BCUT2D eigenvalue weighted by molar-refractivity contribution is 5.84. The first-order valence-electron chi connectivity index (χ1n) is 5.92. The normalized spacial score (nSPS) is 18.0. The van der Waals surface area contributed by atoms with Gasteiger partial charge in [-0.05, 0) is 13.3 Å². The van der Waals surface area contributed by atoms with E-state index in [0.29, 0.717) is 0 Å². The minimum absolute atomic E-state index is 0.144. The monoisotopic (exact) mass is 385 g/mol. The number of hydrogen-bond donors (Lipinski definition) is 1. The number of alkyl halides is 11. The molecule has 0 aliphatic heterocycles. The summed E-state index contributed by atoms with van der Waals surface area (Å²) >= 11 is 0. The summed E-state index contributed by atoms with van der Waals surface area (Å²) < 4.78 is 140. The number of nitrogens with one attached hydrogen (secondary N) is 1. The molecular weight excluding hydrogens is 375 g/mol. The number of hydrogen-bond acceptors (Lipinski definition) is 2. The SMILES string of the molecule is CC[C@@H](C)NC(=O)[C@](F)(OC(F)(F)C(F)(F)C(F)(F)F)C(F)(F)F. The third-order valence-corrected chi connectivity index (χ3v) is 2.64. The minimum Gasteiger partial charge on any atom is -0.348 e. The summed E-state index contributed by atoms with van der Waals surface area (Å²) in [6.07, 6.45) is -20.9.